The van der Waals surface area contributed by atoms with Crippen molar-refractivity contribution >= 4 is 10.9 Å². The molecular weight excluding hydrogens is 256 g/mol. The minimum absolute atomic E-state index is 0.324. The minimum Gasteiger partial charge on any atom is -0.353 e. The summed E-state index contributed by atoms with van der Waals surface area (Å²) < 4.78 is 0. The molecule has 1 fully saturated rings. The quantitative estimate of drug-likeness (QED) is 0.863. The van der Waals surface area contributed by atoms with Crippen molar-refractivity contribution in [3.63, 3.8) is 0 Å². The fourth-order valence-corrected chi connectivity index (χ4v) is 4.93. The number of nitrogens with one attached hydrogen (secondary N) is 2. The number of aromatic amines is 1. The van der Waals surface area contributed by atoms with Crippen LogP contribution in [0.2, 0.25) is 0 Å². The average molecular weight is 283 g/mol. The molecule has 0 spiro atoms. The molecule has 0 aliphatic carbocycles. The van der Waals surface area contributed by atoms with Gasteiger partial charge in [-0.1, -0.05) is 38.0 Å². The van der Waals surface area contributed by atoms with E-state index in [9.17, 15) is 0 Å². The zero-order chi connectivity index (χ0) is 14.4. The van der Waals surface area contributed by atoms with Crippen LogP contribution in [0.25, 0.3) is 10.9 Å². The van der Waals surface area contributed by atoms with Crippen LogP contribution in [0, 0.1) is 5.92 Å². The van der Waals surface area contributed by atoms with Crippen molar-refractivity contribution in [3.05, 3.63) is 35.5 Å². The number of rotatable bonds is 3. The largest absolute Gasteiger partial charge is 0.353 e. The summed E-state index contributed by atoms with van der Waals surface area (Å²) in [5.74, 6) is 0.919. The topological polar surface area (TPSA) is 20.2 Å². The molecule has 2 nitrogen and oxygen atoms in total. The minimum atomic E-state index is 0.324. The molecule has 3 heterocycles. The highest BCUT2D eigenvalue weighted by molar-refractivity contribution is 5.85. The Morgan fingerprint density at radius 3 is 3.05 bits per heavy atom. The highest BCUT2D eigenvalue weighted by Crippen LogP contribution is 2.38. The van der Waals surface area contributed by atoms with E-state index in [1.165, 1.54) is 56.1 Å². The van der Waals surface area contributed by atoms with Crippen molar-refractivity contribution in [2.75, 3.05) is 13.1 Å². The predicted octanol–water partition coefficient (Wildman–Crippen LogP) is 3.03. The monoisotopic (exact) mass is 283 g/mol. The van der Waals surface area contributed by atoms with Gasteiger partial charge in [0.2, 0.25) is 0 Å². The summed E-state index contributed by atoms with van der Waals surface area (Å²) in [6, 6.07) is 8.86. The van der Waals surface area contributed by atoms with E-state index in [4.69, 9.17) is 0 Å². The summed E-state index contributed by atoms with van der Waals surface area (Å²) >= 11 is 0. The Hall–Kier alpha value is -1.28. The molecule has 0 amide bonds. The molecule has 4 rings (SSSR count). The van der Waals surface area contributed by atoms with Gasteiger partial charge in [-0.05, 0) is 25.0 Å². The van der Waals surface area contributed by atoms with E-state index < -0.39 is 0 Å². The van der Waals surface area contributed by atoms with E-state index in [1.54, 1.807) is 11.3 Å². The van der Waals surface area contributed by atoms with Crippen molar-refractivity contribution in [2.24, 2.45) is 5.92 Å². The third kappa shape index (κ3) is 1.96. The molecule has 1 aromatic heterocycles. The summed E-state index contributed by atoms with van der Waals surface area (Å²) in [5, 5.41) is 1.46. The molecule has 0 saturated carbocycles. The number of aromatic nitrogens is 1. The molecule has 1 aromatic carbocycles. The van der Waals surface area contributed by atoms with Gasteiger partial charge < -0.3 is 9.88 Å². The lowest BCUT2D eigenvalue weighted by Gasteiger charge is -2.36. The maximum atomic E-state index is 3.78. The molecule has 0 bridgehead atoms. The summed E-state index contributed by atoms with van der Waals surface area (Å²) in [5.41, 5.74) is 4.81. The second-order valence-corrected chi connectivity index (χ2v) is 7.38. The summed E-state index contributed by atoms with van der Waals surface area (Å²) in [6.07, 6.45) is 6.76. The van der Waals surface area contributed by atoms with E-state index >= 15 is 0 Å². The lowest BCUT2D eigenvalue weighted by molar-refractivity contribution is -0.948. The van der Waals surface area contributed by atoms with Crippen LogP contribution in [-0.2, 0) is 12.0 Å². The zero-order valence-corrected chi connectivity index (χ0v) is 13.3. The normalized spacial score (nSPS) is 31.3. The third-order valence-corrected chi connectivity index (χ3v) is 6.02. The Labute approximate surface area is 127 Å². The first kappa shape index (κ1) is 13.4. The lowest BCUT2D eigenvalue weighted by Crippen LogP contribution is -3.17. The molecule has 2 aliphatic heterocycles. The number of unbranched alkanes of at least 4 members (excludes halogenated alkanes) is 1. The number of H-pyrrole nitrogens is 1. The Bertz CT molecular complexity index is 657. The van der Waals surface area contributed by atoms with E-state index in [0.29, 0.717) is 5.54 Å². The van der Waals surface area contributed by atoms with Crippen LogP contribution in [0.3, 0.4) is 0 Å². The van der Waals surface area contributed by atoms with Crippen LogP contribution in [0.15, 0.2) is 24.3 Å². The number of hydrogen-bond acceptors (Lipinski definition) is 0. The van der Waals surface area contributed by atoms with Gasteiger partial charge in [0.05, 0.1) is 18.8 Å². The highest BCUT2D eigenvalue weighted by Gasteiger charge is 2.51. The van der Waals surface area contributed by atoms with Crippen LogP contribution in [0.5, 0.6) is 0 Å². The Morgan fingerprint density at radius 2 is 2.19 bits per heavy atom. The van der Waals surface area contributed by atoms with Gasteiger partial charge in [-0.2, -0.15) is 0 Å². The molecule has 3 atom stereocenters. The number of quaternary nitrogens is 1. The van der Waals surface area contributed by atoms with Crippen molar-refractivity contribution in [1.82, 2.24) is 4.98 Å². The van der Waals surface area contributed by atoms with Crippen LogP contribution in [-0.4, -0.2) is 18.1 Å². The fourth-order valence-electron chi connectivity index (χ4n) is 4.93. The lowest BCUT2D eigenvalue weighted by atomic mass is 9.84. The van der Waals surface area contributed by atoms with Gasteiger partial charge in [-0.25, -0.2) is 0 Å². The van der Waals surface area contributed by atoms with E-state index in [1.807, 2.05) is 4.90 Å². The molecule has 2 aromatic rings. The van der Waals surface area contributed by atoms with E-state index in [2.05, 4.69) is 43.1 Å². The van der Waals surface area contributed by atoms with Gasteiger partial charge in [-0.3, -0.25) is 0 Å². The summed E-state index contributed by atoms with van der Waals surface area (Å²) in [7, 11) is 0. The van der Waals surface area contributed by atoms with Gasteiger partial charge in [0.25, 0.3) is 0 Å². The molecule has 2 N–H and O–H groups in total. The summed E-state index contributed by atoms with van der Waals surface area (Å²) in [4.78, 5) is 5.61. The van der Waals surface area contributed by atoms with Gasteiger partial charge in [0, 0.05) is 29.7 Å². The summed E-state index contributed by atoms with van der Waals surface area (Å²) in [6.45, 7) is 7.51. The number of benzene rings is 1. The van der Waals surface area contributed by atoms with Crippen LogP contribution in [0.4, 0.5) is 0 Å². The molecule has 1 unspecified atom stereocenters. The number of para-hydroxylation sites is 1. The van der Waals surface area contributed by atoms with Crippen molar-refractivity contribution in [1.29, 1.82) is 0 Å². The number of fused-ring (bicyclic) bond motifs is 5. The highest BCUT2D eigenvalue weighted by atomic mass is 15.2. The second kappa shape index (κ2) is 4.88. The van der Waals surface area contributed by atoms with Crippen LogP contribution in [0.1, 0.15) is 50.8 Å². The molecule has 112 valence electrons. The molecule has 21 heavy (non-hydrogen) atoms. The average Bonchev–Trinajstić information content (AvgIpc) is 3.03. The maximum Gasteiger partial charge on any atom is 0.136 e. The standard InChI is InChI=1S/C19H26N2/c1-3-4-7-14-12-19(2)18-16(10-11-21(19)13-14)15-8-5-6-9-17(15)20-18/h5-6,8-9,14,20H,3-4,7,10-13H2,1-2H3/p+1/t14-,19+/m0/s1. The van der Waals surface area contributed by atoms with Crippen LogP contribution < -0.4 is 4.90 Å². The van der Waals surface area contributed by atoms with Gasteiger partial charge >= 0.3 is 0 Å². The van der Waals surface area contributed by atoms with Crippen molar-refractivity contribution < 1.29 is 4.90 Å². The molecule has 1 saturated heterocycles. The number of hydrogen-bond donors (Lipinski definition) is 2. The van der Waals surface area contributed by atoms with Gasteiger partial charge in [0.15, 0.2) is 0 Å². The third-order valence-electron chi connectivity index (χ3n) is 6.02. The fraction of sp³-hybridized carbons (Fsp3) is 0.579. The smallest absolute Gasteiger partial charge is 0.136 e. The molecular formula is C19H27N2+. The van der Waals surface area contributed by atoms with Gasteiger partial charge in [0.1, 0.15) is 5.54 Å². The Balaban J connectivity index is 1.73. The first-order valence-electron chi connectivity index (χ1n) is 8.67. The Morgan fingerprint density at radius 1 is 1.33 bits per heavy atom. The zero-order valence-electron chi connectivity index (χ0n) is 13.3. The van der Waals surface area contributed by atoms with E-state index in [-0.39, 0.29) is 0 Å². The second-order valence-electron chi connectivity index (χ2n) is 7.38. The first-order valence-corrected chi connectivity index (χ1v) is 8.67. The van der Waals surface area contributed by atoms with Crippen molar-refractivity contribution in [3.8, 4) is 0 Å². The molecule has 0 radical (unpaired) electrons. The maximum absolute atomic E-state index is 3.78. The predicted molar refractivity (Wildman–Crippen MR) is 87.7 cm³/mol. The van der Waals surface area contributed by atoms with Gasteiger partial charge in [-0.15, -0.1) is 0 Å². The molecule has 2 heteroatoms. The Kier molecular flexibility index (Phi) is 3.11. The first-order chi connectivity index (χ1) is 10.2. The molecule has 2 aliphatic rings. The SMILES string of the molecule is CCCC[C@@H]1C[NH+]2CCc3c([nH]c4ccccc34)[C@@]2(C)C1. The van der Waals surface area contributed by atoms with E-state index in [0.717, 1.165) is 5.92 Å². The van der Waals surface area contributed by atoms with Crippen molar-refractivity contribution in [2.45, 2.75) is 51.5 Å². The van der Waals surface area contributed by atoms with Crippen LogP contribution >= 0.6 is 0 Å².